The van der Waals surface area contributed by atoms with E-state index in [1.54, 1.807) is 24.4 Å². The van der Waals surface area contributed by atoms with Crippen molar-refractivity contribution >= 4 is 23.4 Å². The molecule has 18 heavy (non-hydrogen) atoms. The number of nitriles is 1. The Kier molecular flexibility index (Phi) is 4.19. The standard InChI is InChI=1S/C13H8ClFN2S/c14-11-2-1-5-17-13(11)18-8-10-6-9(7-16)3-4-12(10)15/h1-6H,8H2. The molecule has 0 aliphatic heterocycles. The fourth-order valence-corrected chi connectivity index (χ4v) is 2.52. The van der Waals surface area contributed by atoms with Crippen molar-refractivity contribution in [3.8, 4) is 6.07 Å². The van der Waals surface area contributed by atoms with E-state index in [4.69, 9.17) is 16.9 Å². The predicted molar refractivity (Wildman–Crippen MR) is 69.9 cm³/mol. The molecule has 90 valence electrons. The molecule has 0 bridgehead atoms. The molecule has 0 spiro atoms. The summed E-state index contributed by atoms with van der Waals surface area (Å²) in [6, 6.07) is 9.76. The van der Waals surface area contributed by atoms with Crippen molar-refractivity contribution in [1.82, 2.24) is 4.98 Å². The van der Waals surface area contributed by atoms with Gasteiger partial charge in [0.1, 0.15) is 10.8 Å². The molecule has 2 nitrogen and oxygen atoms in total. The van der Waals surface area contributed by atoms with Crippen LogP contribution in [-0.2, 0) is 5.75 Å². The van der Waals surface area contributed by atoms with E-state index < -0.39 is 0 Å². The van der Waals surface area contributed by atoms with Crippen LogP contribution in [0, 0.1) is 17.1 Å². The number of hydrogen-bond acceptors (Lipinski definition) is 3. The first kappa shape index (κ1) is 12.9. The molecule has 0 aliphatic carbocycles. The second kappa shape index (κ2) is 5.85. The van der Waals surface area contributed by atoms with Crippen LogP contribution in [0.1, 0.15) is 11.1 Å². The van der Waals surface area contributed by atoms with Gasteiger partial charge in [-0.1, -0.05) is 11.6 Å². The lowest BCUT2D eigenvalue weighted by Gasteiger charge is -2.04. The molecule has 5 heteroatoms. The molecule has 0 atom stereocenters. The third kappa shape index (κ3) is 3.00. The summed E-state index contributed by atoms with van der Waals surface area (Å²) in [6.45, 7) is 0. The highest BCUT2D eigenvalue weighted by Crippen LogP contribution is 2.28. The molecule has 0 unspecified atom stereocenters. The fraction of sp³-hybridized carbons (Fsp3) is 0.0769. The summed E-state index contributed by atoms with van der Waals surface area (Å²) >= 11 is 7.30. The van der Waals surface area contributed by atoms with Crippen molar-refractivity contribution in [2.45, 2.75) is 10.8 Å². The molecule has 0 fully saturated rings. The average Bonchev–Trinajstić information content (AvgIpc) is 2.39. The van der Waals surface area contributed by atoms with Crippen molar-refractivity contribution in [3.63, 3.8) is 0 Å². The molecule has 0 N–H and O–H groups in total. The lowest BCUT2D eigenvalue weighted by Crippen LogP contribution is -1.90. The zero-order chi connectivity index (χ0) is 13.0. The number of benzene rings is 1. The minimum absolute atomic E-state index is 0.325. The quantitative estimate of drug-likeness (QED) is 0.795. The Morgan fingerprint density at radius 2 is 2.22 bits per heavy atom. The molecular weight excluding hydrogens is 271 g/mol. The minimum Gasteiger partial charge on any atom is -0.248 e. The molecule has 1 aromatic carbocycles. The number of thioether (sulfide) groups is 1. The van der Waals surface area contributed by atoms with Gasteiger partial charge in [-0.15, -0.1) is 11.8 Å². The second-order valence-electron chi connectivity index (χ2n) is 3.50. The zero-order valence-electron chi connectivity index (χ0n) is 9.23. The summed E-state index contributed by atoms with van der Waals surface area (Å²) in [5.41, 5.74) is 0.917. The molecule has 0 aliphatic rings. The largest absolute Gasteiger partial charge is 0.248 e. The van der Waals surface area contributed by atoms with Gasteiger partial charge in [0.25, 0.3) is 0 Å². The van der Waals surface area contributed by atoms with Gasteiger partial charge in [0.15, 0.2) is 0 Å². The van der Waals surface area contributed by atoms with Crippen LogP contribution in [0.3, 0.4) is 0 Å². The van der Waals surface area contributed by atoms with Gasteiger partial charge >= 0.3 is 0 Å². The molecule has 0 radical (unpaired) electrons. The monoisotopic (exact) mass is 278 g/mol. The van der Waals surface area contributed by atoms with E-state index in [-0.39, 0.29) is 5.82 Å². The van der Waals surface area contributed by atoms with Gasteiger partial charge < -0.3 is 0 Å². The molecule has 2 rings (SSSR count). The summed E-state index contributed by atoms with van der Waals surface area (Å²) in [7, 11) is 0. The highest BCUT2D eigenvalue weighted by Gasteiger charge is 2.07. The Morgan fingerprint density at radius 1 is 1.39 bits per heavy atom. The number of aromatic nitrogens is 1. The SMILES string of the molecule is N#Cc1ccc(F)c(CSc2ncccc2Cl)c1. The summed E-state index contributed by atoms with van der Waals surface area (Å²) in [5.74, 6) is 0.0616. The zero-order valence-corrected chi connectivity index (χ0v) is 10.8. The highest BCUT2D eigenvalue weighted by molar-refractivity contribution is 7.98. The fourth-order valence-electron chi connectivity index (χ4n) is 1.38. The molecular formula is C13H8ClFN2S. The minimum atomic E-state index is -0.325. The maximum absolute atomic E-state index is 13.5. The number of pyridine rings is 1. The Balaban J connectivity index is 2.16. The van der Waals surface area contributed by atoms with Crippen LogP contribution in [0.25, 0.3) is 0 Å². The average molecular weight is 279 g/mol. The van der Waals surface area contributed by atoms with Crippen LogP contribution in [-0.4, -0.2) is 4.98 Å². The van der Waals surface area contributed by atoms with Crippen molar-refractivity contribution < 1.29 is 4.39 Å². The van der Waals surface area contributed by atoms with Gasteiger partial charge in [-0.2, -0.15) is 5.26 Å². The van der Waals surface area contributed by atoms with Gasteiger partial charge in [-0.3, -0.25) is 0 Å². The first-order valence-corrected chi connectivity index (χ1v) is 6.49. The smallest absolute Gasteiger partial charge is 0.127 e. The molecule has 1 aromatic heterocycles. The first-order valence-electron chi connectivity index (χ1n) is 5.12. The van der Waals surface area contributed by atoms with Gasteiger partial charge in [-0.05, 0) is 35.9 Å². The van der Waals surface area contributed by atoms with Crippen LogP contribution >= 0.6 is 23.4 Å². The summed E-state index contributed by atoms with van der Waals surface area (Å²) < 4.78 is 13.5. The van der Waals surface area contributed by atoms with E-state index in [2.05, 4.69) is 4.98 Å². The van der Waals surface area contributed by atoms with Crippen molar-refractivity contribution in [3.05, 3.63) is 58.5 Å². The van der Waals surface area contributed by atoms with Crippen molar-refractivity contribution in [2.24, 2.45) is 0 Å². The van der Waals surface area contributed by atoms with E-state index in [0.717, 1.165) is 0 Å². The molecule has 1 heterocycles. The summed E-state index contributed by atoms with van der Waals surface area (Å²) in [5, 5.41) is 9.96. The van der Waals surface area contributed by atoms with E-state index >= 15 is 0 Å². The summed E-state index contributed by atoms with van der Waals surface area (Å²) in [6.07, 6.45) is 1.64. The molecule has 0 saturated heterocycles. The van der Waals surface area contributed by atoms with E-state index in [1.807, 2.05) is 6.07 Å². The van der Waals surface area contributed by atoms with Gasteiger partial charge in [0.05, 0.1) is 16.7 Å². The van der Waals surface area contributed by atoms with Crippen LogP contribution in [0.5, 0.6) is 0 Å². The second-order valence-corrected chi connectivity index (χ2v) is 4.87. The normalized spacial score (nSPS) is 10.1. The van der Waals surface area contributed by atoms with Crippen LogP contribution in [0.15, 0.2) is 41.6 Å². The number of rotatable bonds is 3. The molecule has 0 saturated carbocycles. The Labute approximate surface area is 113 Å². The topological polar surface area (TPSA) is 36.7 Å². The number of nitrogens with zero attached hydrogens (tertiary/aromatic N) is 2. The van der Waals surface area contributed by atoms with Crippen molar-refractivity contribution in [2.75, 3.05) is 0 Å². The third-order valence-corrected chi connectivity index (χ3v) is 3.74. The lowest BCUT2D eigenvalue weighted by atomic mass is 10.1. The van der Waals surface area contributed by atoms with Gasteiger partial charge in [-0.25, -0.2) is 9.37 Å². The molecule has 0 amide bonds. The Bertz CT molecular complexity index is 610. The maximum Gasteiger partial charge on any atom is 0.127 e. The number of hydrogen-bond donors (Lipinski definition) is 0. The molecule has 2 aromatic rings. The van der Waals surface area contributed by atoms with Gasteiger partial charge in [0.2, 0.25) is 0 Å². The Morgan fingerprint density at radius 3 is 2.94 bits per heavy atom. The van der Waals surface area contributed by atoms with Crippen LogP contribution in [0.4, 0.5) is 4.39 Å². The number of halogens is 2. The predicted octanol–water partition coefficient (Wildman–Crippen LogP) is 4.04. The van der Waals surface area contributed by atoms with E-state index in [0.29, 0.717) is 26.9 Å². The van der Waals surface area contributed by atoms with Crippen LogP contribution in [0.2, 0.25) is 5.02 Å². The Hall–Kier alpha value is -1.57. The lowest BCUT2D eigenvalue weighted by molar-refractivity contribution is 0.617. The first-order chi connectivity index (χ1) is 8.70. The van der Waals surface area contributed by atoms with Crippen molar-refractivity contribution in [1.29, 1.82) is 5.26 Å². The van der Waals surface area contributed by atoms with E-state index in [9.17, 15) is 4.39 Å². The summed E-state index contributed by atoms with van der Waals surface area (Å²) in [4.78, 5) is 4.11. The third-order valence-electron chi connectivity index (χ3n) is 2.26. The van der Waals surface area contributed by atoms with Crippen LogP contribution < -0.4 is 0 Å². The highest BCUT2D eigenvalue weighted by atomic mass is 35.5. The maximum atomic E-state index is 13.5. The van der Waals surface area contributed by atoms with Gasteiger partial charge in [0, 0.05) is 11.9 Å². The van der Waals surface area contributed by atoms with E-state index in [1.165, 1.54) is 23.9 Å².